The summed E-state index contributed by atoms with van der Waals surface area (Å²) in [5, 5.41) is 177. The summed E-state index contributed by atoms with van der Waals surface area (Å²) in [6.07, 6.45) is -17.4. The number of nitrogens with one attached hydrogen (secondary N) is 7. The molecule has 7 saturated heterocycles. The molecule has 7 aliphatic heterocycles. The third-order valence-corrected chi connectivity index (χ3v) is 15.7. The first-order chi connectivity index (χ1) is 38.0. The van der Waals surface area contributed by atoms with Gasteiger partial charge in [0, 0.05) is 127 Å². The first-order valence-electron chi connectivity index (χ1n) is 28.2. The number of halogens is 4. The number of alkyl halides is 4. The number of aliphatic hydroxyl groups excluding tert-OH is 17. The predicted octanol–water partition coefficient (Wildman–Crippen LogP) is -7.14. The van der Waals surface area contributed by atoms with Crippen molar-refractivity contribution in [3.63, 3.8) is 0 Å². The minimum absolute atomic E-state index is 0.0654. The Hall–Kier alpha value is -2.02. The molecule has 0 saturated carbocycles. The average molecular weight is 1180 g/mol. The van der Waals surface area contributed by atoms with Crippen LogP contribution in [0.15, 0.2) is 30.3 Å². The summed E-state index contributed by atoms with van der Waals surface area (Å²) in [7, 11) is 0. The highest BCUT2D eigenvalue weighted by atomic mass is 19.3. The van der Waals surface area contributed by atoms with Crippen LogP contribution in [0, 0.1) is 41.4 Å². The summed E-state index contributed by atoms with van der Waals surface area (Å²) in [4.78, 5) is 0. The van der Waals surface area contributed by atoms with Crippen LogP contribution < -0.4 is 37.2 Å². The lowest BCUT2D eigenvalue weighted by atomic mass is 9.88. The average Bonchev–Trinajstić information content (AvgIpc) is 3.41. The van der Waals surface area contributed by atoms with Gasteiger partial charge in [0.1, 0.15) is 12.3 Å². The molecular formula is C53H101F4N7O17. The zero-order valence-electron chi connectivity index (χ0n) is 47.2. The van der Waals surface area contributed by atoms with Crippen LogP contribution in [0.25, 0.3) is 0 Å². The van der Waals surface area contributed by atoms with Gasteiger partial charge in [0.2, 0.25) is 6.43 Å². The Kier molecular flexibility index (Phi) is 36.1. The van der Waals surface area contributed by atoms with Gasteiger partial charge in [-0.25, -0.2) is 17.6 Å². The van der Waals surface area contributed by atoms with Gasteiger partial charge in [-0.05, 0) is 46.6 Å². The van der Waals surface area contributed by atoms with Crippen molar-refractivity contribution in [1.82, 2.24) is 37.2 Å². The fourth-order valence-corrected chi connectivity index (χ4v) is 10.1. The van der Waals surface area contributed by atoms with Gasteiger partial charge in [0.15, 0.2) is 0 Å². The van der Waals surface area contributed by atoms with Crippen molar-refractivity contribution in [2.24, 2.45) is 41.4 Å². The number of piperidine rings is 7. The van der Waals surface area contributed by atoms with Gasteiger partial charge >= 0.3 is 0 Å². The molecule has 1 aromatic rings. The largest absolute Gasteiger partial charge is 0.393 e. The number of aliphatic hydroxyl groups is 17. The van der Waals surface area contributed by atoms with Crippen LogP contribution >= 0.6 is 0 Å². The summed E-state index contributed by atoms with van der Waals surface area (Å²) in [5.74, 6) is -2.73. The number of hydrogen-bond donors (Lipinski definition) is 24. The Morgan fingerprint density at radius 2 is 0.568 bits per heavy atom. The summed E-state index contributed by atoms with van der Waals surface area (Å²) in [6, 6.07) is 10.1. The zero-order chi connectivity index (χ0) is 61.3. The molecule has 0 aliphatic carbocycles. The second-order valence-corrected chi connectivity index (χ2v) is 22.4. The number of rotatable bonds is 8. The van der Waals surface area contributed by atoms with Crippen LogP contribution in [0.5, 0.6) is 0 Å². The minimum Gasteiger partial charge on any atom is -0.393 e. The van der Waals surface area contributed by atoms with Gasteiger partial charge in [0.25, 0.3) is 0 Å². The van der Waals surface area contributed by atoms with Crippen LogP contribution in [0.4, 0.5) is 17.6 Å². The lowest BCUT2D eigenvalue weighted by Crippen LogP contribution is -2.53. The van der Waals surface area contributed by atoms with Gasteiger partial charge in [-0.2, -0.15) is 0 Å². The Balaban J connectivity index is 0.000000324. The fourth-order valence-electron chi connectivity index (χ4n) is 10.1. The van der Waals surface area contributed by atoms with Gasteiger partial charge in [-0.1, -0.05) is 30.3 Å². The normalized spacial score (nSPS) is 39.7. The maximum atomic E-state index is 12.7. The molecule has 7 fully saturated rings. The summed E-state index contributed by atoms with van der Waals surface area (Å²) in [5.41, 5.74) is 1.21. The zero-order valence-corrected chi connectivity index (χ0v) is 47.2. The van der Waals surface area contributed by atoms with E-state index in [4.69, 9.17) is 35.7 Å². The maximum absolute atomic E-state index is 12.7. The maximum Gasteiger partial charge on any atom is 0.245 e. The van der Waals surface area contributed by atoms with Crippen molar-refractivity contribution in [1.29, 1.82) is 0 Å². The Morgan fingerprint density at radius 3 is 0.802 bits per heavy atom. The Labute approximate surface area is 473 Å². The predicted molar refractivity (Wildman–Crippen MR) is 291 cm³/mol. The smallest absolute Gasteiger partial charge is 0.245 e. The van der Waals surface area contributed by atoms with E-state index in [1.807, 2.05) is 30.3 Å². The van der Waals surface area contributed by atoms with E-state index in [0.29, 0.717) is 72.0 Å². The molecule has 24 N–H and O–H groups in total. The molecule has 0 spiro atoms. The van der Waals surface area contributed by atoms with Crippen molar-refractivity contribution in [3.05, 3.63) is 35.9 Å². The molecule has 0 radical (unpaired) electrons. The van der Waals surface area contributed by atoms with Gasteiger partial charge in [0.05, 0.1) is 110 Å². The lowest BCUT2D eigenvalue weighted by Gasteiger charge is -2.34. The van der Waals surface area contributed by atoms with E-state index in [2.05, 4.69) is 37.2 Å². The summed E-state index contributed by atoms with van der Waals surface area (Å²) in [6.45, 7) is 13.7. The Morgan fingerprint density at radius 1 is 0.333 bits per heavy atom. The molecule has 7 aliphatic rings. The SMILES string of the molecule is CC(F)[C@H]1CNC[C@@H](O)[C@@H]1O.CC(O)[C@H]1CNC[C@@H](O)[C@@H]1O.C[C@@H](F)[C@H]1CNC[C@@H](O)[C@@H]1O.C[C@@H](O)[C@H]1CNC[C@@H](O)[C@@H]1O.C[C@H](O)[C@H]1CNC[C@@H](O)[C@@H]1O.O[C@@H]1[C@@H](Cc2ccccc2)CNC[C@H]1O.O[C@H]1[C@H](O)CNC[C@@H]1C(F)F. The summed E-state index contributed by atoms with van der Waals surface area (Å²) >= 11 is 0. The molecule has 0 amide bonds. The topological polar surface area (TPSA) is 428 Å². The van der Waals surface area contributed by atoms with E-state index in [0.717, 1.165) is 13.0 Å². The molecule has 0 aromatic heterocycles. The molecule has 2 unspecified atom stereocenters. The van der Waals surface area contributed by atoms with E-state index >= 15 is 0 Å². The highest BCUT2D eigenvalue weighted by Gasteiger charge is 2.39. The van der Waals surface area contributed by atoms with Crippen LogP contribution in [-0.4, -0.2) is 301 Å². The van der Waals surface area contributed by atoms with Crippen LogP contribution in [0.3, 0.4) is 0 Å². The van der Waals surface area contributed by atoms with E-state index in [-0.39, 0.29) is 36.8 Å². The van der Waals surface area contributed by atoms with Crippen molar-refractivity contribution < 1.29 is 104 Å². The van der Waals surface area contributed by atoms with Crippen LogP contribution in [-0.2, 0) is 6.42 Å². The Bertz CT molecular complexity index is 1530. The highest BCUT2D eigenvalue weighted by molar-refractivity contribution is 5.16. The fraction of sp³-hybridized carbons (Fsp3) is 0.887. The number of β-amino-alcohol motifs (C(OH)–C–C–N with tert-alkyl or cyclic N) is 7. The van der Waals surface area contributed by atoms with Gasteiger partial charge in [-0.15, -0.1) is 0 Å². The molecule has 478 valence electrons. The molecule has 24 nitrogen and oxygen atoms in total. The molecule has 26 atom stereocenters. The molecular weight excluding hydrogens is 1080 g/mol. The first kappa shape index (κ1) is 75.1. The second kappa shape index (κ2) is 38.9. The summed E-state index contributed by atoms with van der Waals surface area (Å²) < 4.78 is 49.5. The minimum atomic E-state index is -2.58. The van der Waals surface area contributed by atoms with Gasteiger partial charge in [-0.3, -0.25) is 0 Å². The number of hydrogen-bond acceptors (Lipinski definition) is 24. The van der Waals surface area contributed by atoms with E-state index < -0.39 is 140 Å². The lowest BCUT2D eigenvalue weighted by molar-refractivity contribution is -0.0841. The third kappa shape index (κ3) is 25.8. The van der Waals surface area contributed by atoms with E-state index in [1.54, 1.807) is 20.8 Å². The quantitative estimate of drug-likeness (QED) is 0.108. The standard InChI is InChI=1S/C12H17NO2.2C7H14FNO2.3C7H15NO3.C6H11F2NO2/c14-11-8-13-7-10(12(11)15)6-9-4-2-1-3-5-9;2*1-4(8)5-2-9-3-6(10)7(5)11;3*1-4(9)5-2-8-3-6(10)7(5)11;7-6(8)3-1-9-2-4(10)5(3)11/h1-5,10-15H,6-8H2;2*4-7,9-11H,2-3H2,1H3;3*4-11H,2-3H2,1H3;3-6,9-11H,1-2H2/t10-,11+,12+;4?,5-,6-,7-;4-,5-,6-,7-;4?,5-,6-,7-;4-,5+,6+,7+;4-,5-,6-,7-;3-,4+,5+/m0111010/s1. The monoisotopic (exact) mass is 1180 g/mol. The van der Waals surface area contributed by atoms with Gasteiger partial charge < -0.3 is 124 Å². The van der Waals surface area contributed by atoms with E-state index in [9.17, 15) is 68.6 Å². The number of benzene rings is 1. The van der Waals surface area contributed by atoms with Crippen molar-refractivity contribution in [2.45, 2.75) is 164 Å². The highest BCUT2D eigenvalue weighted by Crippen LogP contribution is 2.22. The van der Waals surface area contributed by atoms with Crippen LogP contribution in [0.1, 0.15) is 40.2 Å². The molecule has 28 heteroatoms. The molecule has 1 aromatic carbocycles. The van der Waals surface area contributed by atoms with Crippen molar-refractivity contribution in [3.8, 4) is 0 Å². The van der Waals surface area contributed by atoms with Crippen molar-refractivity contribution >= 4 is 0 Å². The molecule has 0 bridgehead atoms. The van der Waals surface area contributed by atoms with Crippen molar-refractivity contribution in [2.75, 3.05) is 91.6 Å². The van der Waals surface area contributed by atoms with E-state index in [1.165, 1.54) is 19.4 Å². The molecule has 8 rings (SSSR count). The second-order valence-electron chi connectivity index (χ2n) is 22.4. The third-order valence-electron chi connectivity index (χ3n) is 15.7. The van der Waals surface area contributed by atoms with Crippen LogP contribution in [0.2, 0.25) is 0 Å². The molecule has 81 heavy (non-hydrogen) atoms. The molecule has 7 heterocycles. The first-order valence-corrected chi connectivity index (χ1v) is 28.2.